The summed E-state index contributed by atoms with van der Waals surface area (Å²) < 4.78 is 1.21. The molecule has 3 aromatic heterocycles. The number of aromatic amines is 1. The van der Waals surface area contributed by atoms with Gasteiger partial charge in [0.05, 0.1) is 17.4 Å². The zero-order valence-electron chi connectivity index (χ0n) is 9.32. The molecule has 0 saturated heterocycles. The minimum Gasteiger partial charge on any atom is -0.303 e. The van der Waals surface area contributed by atoms with Crippen LogP contribution in [0.15, 0.2) is 52.6 Å². The van der Waals surface area contributed by atoms with Crippen molar-refractivity contribution in [2.45, 2.75) is 0 Å². The van der Waals surface area contributed by atoms with E-state index in [0.29, 0.717) is 16.9 Å². The molecule has 0 aliphatic rings. The van der Waals surface area contributed by atoms with Gasteiger partial charge in [0.1, 0.15) is 0 Å². The molecule has 0 radical (unpaired) electrons. The van der Waals surface area contributed by atoms with Crippen LogP contribution >= 0.6 is 0 Å². The third-order valence-corrected chi connectivity index (χ3v) is 2.41. The van der Waals surface area contributed by atoms with Crippen molar-refractivity contribution in [3.63, 3.8) is 0 Å². The summed E-state index contributed by atoms with van der Waals surface area (Å²) >= 11 is 0. The van der Waals surface area contributed by atoms with E-state index in [1.54, 1.807) is 30.6 Å². The summed E-state index contributed by atoms with van der Waals surface area (Å²) in [6.07, 6.45) is 4.80. The highest BCUT2D eigenvalue weighted by Gasteiger charge is 2.04. The Morgan fingerprint density at radius 2 is 2.06 bits per heavy atom. The predicted octanol–water partition coefficient (Wildman–Crippen LogP) is 1.00. The van der Waals surface area contributed by atoms with Crippen molar-refractivity contribution in [3.8, 4) is 0 Å². The number of pyridine rings is 2. The van der Waals surface area contributed by atoms with E-state index in [1.807, 2.05) is 12.1 Å². The Labute approximate surface area is 102 Å². The molecule has 0 unspecified atom stereocenters. The molecule has 0 fully saturated rings. The Hall–Kier alpha value is -2.76. The molecular weight excluding hydrogens is 230 g/mol. The molecule has 0 bridgehead atoms. The molecule has 0 aromatic carbocycles. The minimum atomic E-state index is -0.323. The number of hydrogen-bond donors (Lipinski definition) is 1. The van der Waals surface area contributed by atoms with Crippen LogP contribution in [0.3, 0.4) is 0 Å². The maximum absolute atomic E-state index is 11.7. The van der Waals surface area contributed by atoms with Gasteiger partial charge in [0.25, 0.3) is 0 Å². The van der Waals surface area contributed by atoms with Gasteiger partial charge in [-0.05, 0) is 24.3 Å². The van der Waals surface area contributed by atoms with Crippen molar-refractivity contribution in [1.82, 2.24) is 19.6 Å². The fourth-order valence-electron chi connectivity index (χ4n) is 1.60. The van der Waals surface area contributed by atoms with E-state index >= 15 is 0 Å². The largest absolute Gasteiger partial charge is 0.348 e. The lowest BCUT2D eigenvalue weighted by Gasteiger charge is -1.93. The fourth-order valence-corrected chi connectivity index (χ4v) is 1.60. The first-order valence-corrected chi connectivity index (χ1v) is 5.36. The van der Waals surface area contributed by atoms with E-state index in [2.05, 4.69) is 20.1 Å². The van der Waals surface area contributed by atoms with E-state index in [-0.39, 0.29) is 5.69 Å². The zero-order chi connectivity index (χ0) is 12.4. The summed E-state index contributed by atoms with van der Waals surface area (Å²) in [5.74, 6) is 0. The van der Waals surface area contributed by atoms with Gasteiger partial charge in [-0.2, -0.15) is 9.78 Å². The summed E-state index contributed by atoms with van der Waals surface area (Å²) in [6, 6.07) is 9.00. The molecule has 88 valence electrons. The highest BCUT2D eigenvalue weighted by Crippen LogP contribution is 2.04. The summed E-state index contributed by atoms with van der Waals surface area (Å²) in [7, 11) is 0. The molecule has 0 amide bonds. The summed E-state index contributed by atoms with van der Waals surface area (Å²) in [5.41, 5.74) is 1.50. The average Bonchev–Trinajstić information content (AvgIpc) is 2.73. The Balaban J connectivity index is 2.08. The number of nitrogens with one attached hydrogen (secondary N) is 1. The van der Waals surface area contributed by atoms with E-state index < -0.39 is 0 Å². The van der Waals surface area contributed by atoms with Gasteiger partial charge in [-0.3, -0.25) is 4.98 Å². The number of aromatic nitrogens is 4. The van der Waals surface area contributed by atoms with Crippen molar-refractivity contribution >= 4 is 17.4 Å². The third kappa shape index (κ3) is 1.80. The van der Waals surface area contributed by atoms with E-state index in [4.69, 9.17) is 0 Å². The number of H-pyrrole nitrogens is 1. The van der Waals surface area contributed by atoms with E-state index in [9.17, 15) is 4.79 Å². The minimum absolute atomic E-state index is 0.323. The molecule has 6 heteroatoms. The monoisotopic (exact) mass is 239 g/mol. The standard InChI is InChI=1S/C12H9N5O/c18-12-16-10-5-3-7-14-11(10)17(12)15-8-9-4-1-2-6-13-9/h1-8H,(H,16,18). The van der Waals surface area contributed by atoms with E-state index in [0.717, 1.165) is 0 Å². The van der Waals surface area contributed by atoms with Crippen LogP contribution in [0.5, 0.6) is 0 Å². The van der Waals surface area contributed by atoms with Crippen LogP contribution in [0, 0.1) is 0 Å². The quantitative estimate of drug-likeness (QED) is 0.678. The Morgan fingerprint density at radius 1 is 1.17 bits per heavy atom. The zero-order valence-corrected chi connectivity index (χ0v) is 9.32. The molecule has 0 aliphatic heterocycles. The smallest absolute Gasteiger partial charge is 0.303 e. The first kappa shape index (κ1) is 10.4. The predicted molar refractivity (Wildman–Crippen MR) is 67.6 cm³/mol. The lowest BCUT2D eigenvalue weighted by atomic mass is 10.4. The van der Waals surface area contributed by atoms with Gasteiger partial charge < -0.3 is 4.98 Å². The van der Waals surface area contributed by atoms with Gasteiger partial charge in [-0.15, -0.1) is 0 Å². The van der Waals surface area contributed by atoms with Crippen LogP contribution < -0.4 is 5.69 Å². The van der Waals surface area contributed by atoms with Crippen LogP contribution in [0.1, 0.15) is 5.69 Å². The van der Waals surface area contributed by atoms with Crippen molar-refractivity contribution in [1.29, 1.82) is 0 Å². The lowest BCUT2D eigenvalue weighted by molar-refractivity contribution is 0.851. The van der Waals surface area contributed by atoms with Crippen LogP contribution in [0.4, 0.5) is 0 Å². The van der Waals surface area contributed by atoms with Crippen LogP contribution in [0.2, 0.25) is 0 Å². The Morgan fingerprint density at radius 3 is 2.89 bits per heavy atom. The topological polar surface area (TPSA) is 75.9 Å². The lowest BCUT2D eigenvalue weighted by Crippen LogP contribution is -2.12. The maximum Gasteiger partial charge on any atom is 0.348 e. The molecule has 3 aromatic rings. The highest BCUT2D eigenvalue weighted by atomic mass is 16.2. The van der Waals surface area contributed by atoms with Crippen LogP contribution in [-0.4, -0.2) is 25.8 Å². The normalized spacial score (nSPS) is 11.3. The molecule has 3 rings (SSSR count). The van der Waals surface area contributed by atoms with Crippen molar-refractivity contribution < 1.29 is 0 Å². The van der Waals surface area contributed by atoms with Crippen molar-refractivity contribution in [3.05, 3.63) is 58.9 Å². The second-order valence-electron chi connectivity index (χ2n) is 3.62. The molecule has 0 aliphatic carbocycles. The van der Waals surface area contributed by atoms with Crippen LogP contribution in [0.25, 0.3) is 11.2 Å². The number of hydrogen-bond acceptors (Lipinski definition) is 4. The summed E-state index contributed by atoms with van der Waals surface area (Å²) in [5, 5.41) is 4.09. The second-order valence-corrected chi connectivity index (χ2v) is 3.62. The van der Waals surface area contributed by atoms with Gasteiger partial charge >= 0.3 is 5.69 Å². The van der Waals surface area contributed by atoms with Crippen molar-refractivity contribution in [2.75, 3.05) is 0 Å². The highest BCUT2D eigenvalue weighted by molar-refractivity contribution is 5.77. The molecule has 18 heavy (non-hydrogen) atoms. The number of nitrogens with zero attached hydrogens (tertiary/aromatic N) is 4. The molecular formula is C12H9N5O. The van der Waals surface area contributed by atoms with E-state index in [1.165, 1.54) is 10.9 Å². The molecule has 0 saturated carbocycles. The molecule has 3 heterocycles. The molecule has 6 nitrogen and oxygen atoms in total. The maximum atomic E-state index is 11.7. The third-order valence-electron chi connectivity index (χ3n) is 2.41. The fraction of sp³-hybridized carbons (Fsp3) is 0. The van der Waals surface area contributed by atoms with Gasteiger partial charge in [-0.25, -0.2) is 9.78 Å². The number of imidazole rings is 1. The summed E-state index contributed by atoms with van der Waals surface area (Å²) in [6.45, 7) is 0. The Kier molecular flexibility index (Phi) is 2.45. The average molecular weight is 239 g/mol. The van der Waals surface area contributed by atoms with Gasteiger partial charge in [0.15, 0.2) is 5.65 Å². The molecule has 0 atom stereocenters. The first-order chi connectivity index (χ1) is 8.84. The second kappa shape index (κ2) is 4.25. The van der Waals surface area contributed by atoms with Gasteiger partial charge in [-0.1, -0.05) is 6.07 Å². The molecule has 0 spiro atoms. The summed E-state index contributed by atoms with van der Waals surface area (Å²) in [4.78, 5) is 22.6. The van der Waals surface area contributed by atoms with Gasteiger partial charge in [0, 0.05) is 12.4 Å². The van der Waals surface area contributed by atoms with Gasteiger partial charge in [0.2, 0.25) is 0 Å². The molecule has 1 N–H and O–H groups in total. The SMILES string of the molecule is O=c1[nH]c2cccnc2n1N=Cc1ccccn1. The first-order valence-electron chi connectivity index (χ1n) is 5.36. The van der Waals surface area contributed by atoms with Crippen LogP contribution in [-0.2, 0) is 0 Å². The Bertz CT molecular complexity index is 757. The number of fused-ring (bicyclic) bond motifs is 1. The number of rotatable bonds is 2. The van der Waals surface area contributed by atoms with Crippen molar-refractivity contribution in [2.24, 2.45) is 5.10 Å².